The van der Waals surface area contributed by atoms with Crippen LogP contribution in [0.3, 0.4) is 0 Å². The summed E-state index contributed by atoms with van der Waals surface area (Å²) in [6, 6.07) is 14.5. The minimum atomic E-state index is -0.605. The molecule has 0 radical (unpaired) electrons. The fourth-order valence-corrected chi connectivity index (χ4v) is 4.03. The Bertz CT molecular complexity index is 1480. The summed E-state index contributed by atoms with van der Waals surface area (Å²) in [7, 11) is 0. The first-order chi connectivity index (χ1) is 17.8. The molecule has 0 aliphatic heterocycles. The van der Waals surface area contributed by atoms with Crippen LogP contribution in [0.15, 0.2) is 62.9 Å². The quantitative estimate of drug-likeness (QED) is 0.182. The van der Waals surface area contributed by atoms with Crippen molar-refractivity contribution >= 4 is 55.7 Å². The van der Waals surface area contributed by atoms with E-state index in [-0.39, 0.29) is 33.4 Å². The Morgan fingerprint density at radius 1 is 1.00 bits per heavy atom. The number of carbonyl (C=O) groups excluding carboxylic acids is 1. The molecule has 1 aromatic heterocycles. The Morgan fingerprint density at radius 3 is 2.30 bits per heavy atom. The van der Waals surface area contributed by atoms with Gasteiger partial charge in [-0.3, -0.25) is 14.9 Å². The van der Waals surface area contributed by atoms with Crippen molar-refractivity contribution in [3.8, 4) is 12.1 Å². The molecule has 3 rings (SSSR count). The Hall–Kier alpha value is -5.01. The fraction of sp³-hybridized carbons (Fsp3) is 0.208. The van der Waals surface area contributed by atoms with Gasteiger partial charge in [-0.05, 0) is 44.2 Å². The number of thiophene rings is 1. The number of hydrogen-bond acceptors (Lipinski definition) is 11. The number of nitrogens with zero attached hydrogens (tertiary/aromatic N) is 8. The zero-order valence-corrected chi connectivity index (χ0v) is 21.0. The van der Waals surface area contributed by atoms with E-state index in [1.54, 1.807) is 6.07 Å². The van der Waals surface area contributed by atoms with Crippen LogP contribution in [0.4, 0.5) is 38.4 Å². The molecule has 37 heavy (non-hydrogen) atoms. The first kappa shape index (κ1) is 26.6. The van der Waals surface area contributed by atoms with E-state index in [0.29, 0.717) is 16.4 Å². The molecule has 0 atom stereocenters. The highest BCUT2D eigenvalue weighted by Crippen LogP contribution is 2.39. The van der Waals surface area contributed by atoms with E-state index in [9.17, 15) is 25.4 Å². The lowest BCUT2D eigenvalue weighted by Crippen LogP contribution is -2.21. The van der Waals surface area contributed by atoms with Crippen LogP contribution >= 0.6 is 11.3 Å². The molecule has 0 unspecified atom stereocenters. The average molecular weight is 516 g/mol. The monoisotopic (exact) mass is 515 g/mol. The number of rotatable bonds is 9. The Morgan fingerprint density at radius 2 is 1.68 bits per heavy atom. The molecular formula is C24H21N9O3S. The van der Waals surface area contributed by atoms with E-state index in [1.165, 1.54) is 25.1 Å². The third-order valence-electron chi connectivity index (χ3n) is 5.06. The van der Waals surface area contributed by atoms with Crippen molar-refractivity contribution in [2.75, 3.05) is 23.3 Å². The van der Waals surface area contributed by atoms with Crippen LogP contribution in [-0.4, -0.2) is 23.9 Å². The second-order valence-corrected chi connectivity index (χ2v) is 8.45. The SMILES string of the molecule is CCN(CC)c1ccc(N=Nc2sc(N=Nc3ccc([N+](=O)[O-])cc3C#N)cc2C#N)c(NC(C)=O)c1. The molecule has 0 saturated heterocycles. The molecule has 0 aliphatic rings. The van der Waals surface area contributed by atoms with E-state index in [4.69, 9.17) is 0 Å². The number of amides is 1. The third-order valence-corrected chi connectivity index (χ3v) is 5.96. The summed E-state index contributed by atoms with van der Waals surface area (Å²) < 4.78 is 0. The highest BCUT2D eigenvalue weighted by atomic mass is 32.1. The van der Waals surface area contributed by atoms with Gasteiger partial charge in [-0.1, -0.05) is 11.3 Å². The summed E-state index contributed by atoms with van der Waals surface area (Å²) >= 11 is 1.05. The summed E-state index contributed by atoms with van der Waals surface area (Å²) in [5.41, 5.74) is 1.95. The summed E-state index contributed by atoms with van der Waals surface area (Å²) in [5, 5.41) is 49.6. The molecule has 3 aromatic rings. The predicted molar refractivity (Wildman–Crippen MR) is 140 cm³/mol. The van der Waals surface area contributed by atoms with Gasteiger partial charge >= 0.3 is 0 Å². The average Bonchev–Trinajstić information content (AvgIpc) is 3.29. The molecule has 1 N–H and O–H groups in total. The highest BCUT2D eigenvalue weighted by molar-refractivity contribution is 7.19. The molecule has 0 aliphatic carbocycles. The van der Waals surface area contributed by atoms with Crippen molar-refractivity contribution in [2.45, 2.75) is 20.8 Å². The Kier molecular flexibility index (Phi) is 8.70. The second-order valence-electron chi connectivity index (χ2n) is 7.44. The van der Waals surface area contributed by atoms with Crippen LogP contribution in [0.2, 0.25) is 0 Å². The smallest absolute Gasteiger partial charge is 0.270 e. The topological polar surface area (TPSA) is 172 Å². The number of nitriles is 2. The van der Waals surface area contributed by atoms with Crippen LogP contribution in [-0.2, 0) is 4.79 Å². The van der Waals surface area contributed by atoms with Gasteiger partial charge in [0.2, 0.25) is 5.91 Å². The molecule has 0 bridgehead atoms. The van der Waals surface area contributed by atoms with Crippen LogP contribution in [0.1, 0.15) is 31.9 Å². The third kappa shape index (κ3) is 6.56. The second kappa shape index (κ2) is 12.1. The molecule has 0 fully saturated rings. The maximum atomic E-state index is 11.7. The molecule has 186 valence electrons. The molecule has 0 saturated carbocycles. The number of nitro benzene ring substituents is 1. The first-order valence-corrected chi connectivity index (χ1v) is 11.8. The van der Waals surface area contributed by atoms with E-state index in [0.717, 1.165) is 36.2 Å². The lowest BCUT2D eigenvalue weighted by atomic mass is 10.2. The number of nitro groups is 1. The molecule has 2 aromatic carbocycles. The van der Waals surface area contributed by atoms with Gasteiger partial charge in [0.25, 0.3) is 5.69 Å². The van der Waals surface area contributed by atoms with Gasteiger partial charge in [0.1, 0.15) is 28.5 Å². The summed E-state index contributed by atoms with van der Waals surface area (Å²) in [6.45, 7) is 7.06. The fourth-order valence-electron chi connectivity index (χ4n) is 3.28. The van der Waals surface area contributed by atoms with E-state index in [2.05, 4.69) is 30.7 Å². The number of nitrogens with one attached hydrogen (secondary N) is 1. The maximum Gasteiger partial charge on any atom is 0.270 e. The van der Waals surface area contributed by atoms with Crippen molar-refractivity contribution in [1.82, 2.24) is 0 Å². The lowest BCUT2D eigenvalue weighted by molar-refractivity contribution is -0.384. The molecular weight excluding hydrogens is 494 g/mol. The number of hydrogen-bond donors (Lipinski definition) is 1. The van der Waals surface area contributed by atoms with Crippen LogP contribution in [0.25, 0.3) is 0 Å². The largest absolute Gasteiger partial charge is 0.372 e. The Labute approximate surface area is 216 Å². The number of carbonyl (C=O) groups is 1. The zero-order valence-electron chi connectivity index (χ0n) is 20.2. The molecule has 1 amide bonds. The normalized spacial score (nSPS) is 10.8. The van der Waals surface area contributed by atoms with Crippen molar-refractivity contribution in [1.29, 1.82) is 10.5 Å². The number of benzene rings is 2. The van der Waals surface area contributed by atoms with Crippen molar-refractivity contribution in [3.05, 3.63) is 63.7 Å². The van der Waals surface area contributed by atoms with Crippen LogP contribution < -0.4 is 10.2 Å². The lowest BCUT2D eigenvalue weighted by Gasteiger charge is -2.22. The number of non-ortho nitro benzene ring substituents is 1. The molecule has 1 heterocycles. The van der Waals surface area contributed by atoms with E-state index >= 15 is 0 Å². The number of anilines is 2. The molecule has 12 nitrogen and oxygen atoms in total. The van der Waals surface area contributed by atoms with Crippen molar-refractivity contribution in [3.63, 3.8) is 0 Å². The van der Waals surface area contributed by atoms with Crippen LogP contribution in [0.5, 0.6) is 0 Å². The van der Waals surface area contributed by atoms with E-state index in [1.807, 2.05) is 38.1 Å². The van der Waals surface area contributed by atoms with Gasteiger partial charge in [0.15, 0.2) is 5.00 Å². The zero-order chi connectivity index (χ0) is 26.9. The van der Waals surface area contributed by atoms with Gasteiger partial charge in [0.05, 0.1) is 21.7 Å². The summed E-state index contributed by atoms with van der Waals surface area (Å²) in [6.07, 6.45) is 0. The maximum absolute atomic E-state index is 11.7. The van der Waals surface area contributed by atoms with Gasteiger partial charge in [0, 0.05) is 37.8 Å². The summed E-state index contributed by atoms with van der Waals surface area (Å²) in [5.74, 6) is -0.257. The van der Waals surface area contributed by atoms with Crippen molar-refractivity contribution in [2.24, 2.45) is 20.5 Å². The Balaban J connectivity index is 1.91. The summed E-state index contributed by atoms with van der Waals surface area (Å²) in [4.78, 5) is 24.2. The standard InChI is InChI=1S/C24H21N9O3S/c1-4-32(5-2)18-6-9-21(22(12-18)27-15(3)34)29-31-24-17(14-26)11-23(37-24)30-28-20-8-7-19(33(35)36)10-16(20)13-25/h6-12H,4-5H2,1-3H3,(H,27,34). The van der Waals surface area contributed by atoms with Gasteiger partial charge in [-0.15, -0.1) is 20.5 Å². The van der Waals surface area contributed by atoms with Crippen LogP contribution in [0, 0.1) is 32.8 Å². The van der Waals surface area contributed by atoms with Gasteiger partial charge in [-0.25, -0.2) is 0 Å². The molecule has 13 heteroatoms. The van der Waals surface area contributed by atoms with Gasteiger partial charge in [-0.2, -0.15) is 10.5 Å². The first-order valence-electron chi connectivity index (χ1n) is 11.0. The number of azo groups is 2. The minimum Gasteiger partial charge on any atom is -0.372 e. The predicted octanol–water partition coefficient (Wildman–Crippen LogP) is 7.04. The van der Waals surface area contributed by atoms with Gasteiger partial charge < -0.3 is 10.2 Å². The molecule has 0 spiro atoms. The highest BCUT2D eigenvalue weighted by Gasteiger charge is 2.13. The minimum absolute atomic E-state index is 0.00594. The van der Waals surface area contributed by atoms with E-state index < -0.39 is 4.92 Å². The van der Waals surface area contributed by atoms with Crippen molar-refractivity contribution < 1.29 is 9.72 Å².